The molecular weight excluding hydrogens is 398 g/mol. The topological polar surface area (TPSA) is 78.5 Å². The van der Waals surface area contributed by atoms with Crippen molar-refractivity contribution in [2.24, 2.45) is 5.92 Å². The van der Waals surface area contributed by atoms with E-state index in [1.807, 2.05) is 24.3 Å². The first-order valence-electron chi connectivity index (χ1n) is 8.17. The van der Waals surface area contributed by atoms with Gasteiger partial charge in [-0.05, 0) is 42.5 Å². The largest absolute Gasteiger partial charge is 0.355 e. The lowest BCUT2D eigenvalue weighted by molar-refractivity contribution is -0.122. The van der Waals surface area contributed by atoms with Crippen LogP contribution < -0.4 is 15.5 Å². The zero-order valence-corrected chi connectivity index (χ0v) is 15.7. The van der Waals surface area contributed by atoms with Crippen LogP contribution in [-0.4, -0.2) is 31.3 Å². The van der Waals surface area contributed by atoms with Crippen molar-refractivity contribution in [3.05, 3.63) is 58.6 Å². The van der Waals surface area contributed by atoms with Gasteiger partial charge in [0.2, 0.25) is 11.8 Å². The number of halogens is 1. The number of benzene rings is 2. The molecule has 0 spiro atoms. The quantitative estimate of drug-likeness (QED) is 0.805. The highest BCUT2D eigenvalue weighted by atomic mass is 79.9. The molecule has 1 aliphatic rings. The summed E-state index contributed by atoms with van der Waals surface area (Å²) in [6.45, 7) is 0.345. The Labute approximate surface area is 159 Å². The summed E-state index contributed by atoms with van der Waals surface area (Å²) in [5, 5.41) is 5.36. The van der Waals surface area contributed by atoms with Gasteiger partial charge in [-0.1, -0.05) is 22.0 Å². The summed E-state index contributed by atoms with van der Waals surface area (Å²) in [5.74, 6) is -0.879. The van der Waals surface area contributed by atoms with Gasteiger partial charge in [-0.2, -0.15) is 0 Å². The Balaban J connectivity index is 1.65. The fourth-order valence-corrected chi connectivity index (χ4v) is 3.26. The zero-order valence-electron chi connectivity index (χ0n) is 14.2. The fraction of sp³-hybridized carbons (Fsp3) is 0.211. The van der Waals surface area contributed by atoms with Crippen LogP contribution in [-0.2, 0) is 9.59 Å². The van der Waals surface area contributed by atoms with E-state index >= 15 is 0 Å². The third kappa shape index (κ3) is 3.94. The first kappa shape index (κ1) is 18.1. The van der Waals surface area contributed by atoms with E-state index in [1.54, 1.807) is 36.2 Å². The molecule has 1 fully saturated rings. The Hall–Kier alpha value is -2.67. The summed E-state index contributed by atoms with van der Waals surface area (Å²) in [6, 6.07) is 14.1. The first-order chi connectivity index (χ1) is 12.5. The van der Waals surface area contributed by atoms with Crippen LogP contribution in [0.15, 0.2) is 53.0 Å². The van der Waals surface area contributed by atoms with Crippen molar-refractivity contribution in [3.63, 3.8) is 0 Å². The minimum absolute atomic E-state index is 0.0711. The van der Waals surface area contributed by atoms with Crippen LogP contribution in [0.4, 0.5) is 11.4 Å². The van der Waals surface area contributed by atoms with Crippen LogP contribution in [0.5, 0.6) is 0 Å². The highest BCUT2D eigenvalue weighted by Crippen LogP contribution is 2.28. The van der Waals surface area contributed by atoms with E-state index < -0.39 is 5.92 Å². The van der Waals surface area contributed by atoms with Gasteiger partial charge >= 0.3 is 0 Å². The van der Waals surface area contributed by atoms with Gasteiger partial charge in [-0.3, -0.25) is 14.4 Å². The number of hydrogen-bond acceptors (Lipinski definition) is 3. The molecule has 1 unspecified atom stereocenters. The summed E-state index contributed by atoms with van der Waals surface area (Å²) in [4.78, 5) is 38.0. The maximum Gasteiger partial charge on any atom is 0.251 e. The molecule has 1 atom stereocenters. The number of nitrogens with zero attached hydrogens (tertiary/aromatic N) is 1. The maximum absolute atomic E-state index is 12.5. The number of hydrogen-bond donors (Lipinski definition) is 2. The van der Waals surface area contributed by atoms with E-state index in [2.05, 4.69) is 26.6 Å². The number of anilines is 2. The lowest BCUT2D eigenvalue weighted by Gasteiger charge is -2.17. The SMILES string of the molecule is CNC(=O)c1ccc(NC(=O)C2CC(=O)N(c3cccc(Br)c3)C2)cc1. The van der Waals surface area contributed by atoms with Crippen molar-refractivity contribution in [1.82, 2.24) is 5.32 Å². The molecule has 0 saturated carbocycles. The Morgan fingerprint density at radius 3 is 2.54 bits per heavy atom. The van der Waals surface area contributed by atoms with Crippen molar-refractivity contribution in [1.29, 1.82) is 0 Å². The predicted molar refractivity (Wildman–Crippen MR) is 103 cm³/mol. The van der Waals surface area contributed by atoms with Crippen LogP contribution in [0.2, 0.25) is 0 Å². The summed E-state index contributed by atoms with van der Waals surface area (Å²) in [7, 11) is 1.56. The second-order valence-electron chi connectivity index (χ2n) is 6.03. The van der Waals surface area contributed by atoms with Gasteiger partial charge in [-0.15, -0.1) is 0 Å². The number of amides is 3. The molecule has 0 aliphatic carbocycles. The highest BCUT2D eigenvalue weighted by Gasteiger charge is 2.35. The fourth-order valence-electron chi connectivity index (χ4n) is 2.87. The molecular formula is C19H18BrN3O3. The molecule has 1 aliphatic heterocycles. The molecule has 7 heteroatoms. The minimum Gasteiger partial charge on any atom is -0.355 e. The monoisotopic (exact) mass is 415 g/mol. The van der Waals surface area contributed by atoms with Gasteiger partial charge in [0.1, 0.15) is 0 Å². The summed E-state index contributed by atoms with van der Waals surface area (Å²) in [6.07, 6.45) is 0.175. The second kappa shape index (κ2) is 7.70. The lowest BCUT2D eigenvalue weighted by Crippen LogP contribution is -2.28. The molecule has 6 nitrogen and oxygen atoms in total. The number of rotatable bonds is 4. The first-order valence-corrected chi connectivity index (χ1v) is 8.96. The van der Waals surface area contributed by atoms with Gasteiger partial charge in [0.05, 0.1) is 5.92 Å². The van der Waals surface area contributed by atoms with Gasteiger partial charge in [-0.25, -0.2) is 0 Å². The third-order valence-electron chi connectivity index (χ3n) is 4.26. The van der Waals surface area contributed by atoms with E-state index in [0.717, 1.165) is 10.2 Å². The van der Waals surface area contributed by atoms with Crippen LogP contribution in [0.3, 0.4) is 0 Å². The average Bonchev–Trinajstić information content (AvgIpc) is 3.03. The molecule has 0 radical (unpaired) electrons. The van der Waals surface area contributed by atoms with Crippen LogP contribution in [0.1, 0.15) is 16.8 Å². The zero-order chi connectivity index (χ0) is 18.7. The Bertz CT molecular complexity index is 851. The van der Waals surface area contributed by atoms with Crippen LogP contribution in [0, 0.1) is 5.92 Å². The molecule has 1 heterocycles. The predicted octanol–water partition coefficient (Wildman–Crippen LogP) is 2.80. The van der Waals surface area contributed by atoms with Crippen molar-refractivity contribution >= 4 is 45.0 Å². The molecule has 3 rings (SSSR count). The van der Waals surface area contributed by atoms with Gasteiger partial charge in [0.15, 0.2) is 0 Å². The molecule has 2 aromatic carbocycles. The van der Waals surface area contributed by atoms with E-state index in [4.69, 9.17) is 0 Å². The molecule has 3 amide bonds. The number of carbonyl (C=O) groups is 3. The molecule has 26 heavy (non-hydrogen) atoms. The molecule has 2 N–H and O–H groups in total. The van der Waals surface area contributed by atoms with Gasteiger partial charge in [0, 0.05) is 41.4 Å². The third-order valence-corrected chi connectivity index (χ3v) is 4.75. The number of nitrogens with one attached hydrogen (secondary N) is 2. The summed E-state index contributed by atoms with van der Waals surface area (Å²) in [5.41, 5.74) is 1.88. The highest BCUT2D eigenvalue weighted by molar-refractivity contribution is 9.10. The lowest BCUT2D eigenvalue weighted by atomic mass is 10.1. The normalized spacial score (nSPS) is 16.5. The number of carbonyl (C=O) groups excluding carboxylic acids is 3. The Morgan fingerprint density at radius 2 is 1.88 bits per heavy atom. The van der Waals surface area contributed by atoms with Crippen molar-refractivity contribution < 1.29 is 14.4 Å². The minimum atomic E-state index is -0.417. The average molecular weight is 416 g/mol. The van der Waals surface area contributed by atoms with Crippen LogP contribution in [0.25, 0.3) is 0 Å². The molecule has 1 saturated heterocycles. The molecule has 2 aromatic rings. The van der Waals surface area contributed by atoms with E-state index in [9.17, 15) is 14.4 Å². The van der Waals surface area contributed by atoms with E-state index in [1.165, 1.54) is 0 Å². The second-order valence-corrected chi connectivity index (χ2v) is 6.95. The van der Waals surface area contributed by atoms with Crippen molar-refractivity contribution in [2.75, 3.05) is 23.8 Å². The van der Waals surface area contributed by atoms with E-state index in [-0.39, 0.29) is 24.1 Å². The summed E-state index contributed by atoms with van der Waals surface area (Å²) >= 11 is 3.39. The standard InChI is InChI=1S/C19H18BrN3O3/c1-21-18(25)12-5-7-15(8-6-12)22-19(26)13-9-17(24)23(11-13)16-4-2-3-14(20)10-16/h2-8,10,13H,9,11H2,1H3,(H,21,25)(H,22,26). The molecule has 134 valence electrons. The van der Waals surface area contributed by atoms with Gasteiger partial charge in [0.25, 0.3) is 5.91 Å². The Kier molecular flexibility index (Phi) is 5.37. The Morgan fingerprint density at radius 1 is 1.15 bits per heavy atom. The molecule has 0 aromatic heterocycles. The molecule has 0 bridgehead atoms. The van der Waals surface area contributed by atoms with Gasteiger partial charge < -0.3 is 15.5 Å². The van der Waals surface area contributed by atoms with Crippen molar-refractivity contribution in [2.45, 2.75) is 6.42 Å². The smallest absolute Gasteiger partial charge is 0.251 e. The van der Waals surface area contributed by atoms with Crippen molar-refractivity contribution in [3.8, 4) is 0 Å². The van der Waals surface area contributed by atoms with Crippen LogP contribution >= 0.6 is 15.9 Å². The maximum atomic E-state index is 12.5. The van der Waals surface area contributed by atoms with E-state index in [0.29, 0.717) is 17.8 Å². The summed E-state index contributed by atoms with van der Waals surface area (Å²) < 4.78 is 0.881.